The number of thioether (sulfide) groups is 1. The average molecular weight is 299 g/mol. The lowest BCUT2D eigenvalue weighted by Crippen LogP contribution is -2.27. The van der Waals surface area contributed by atoms with Crippen LogP contribution in [0.15, 0.2) is 45.7 Å². The molecule has 106 valence electrons. The van der Waals surface area contributed by atoms with E-state index in [0.29, 0.717) is 10.6 Å². The van der Waals surface area contributed by atoms with Gasteiger partial charge < -0.3 is 4.42 Å². The molecule has 0 unspecified atom stereocenters. The van der Waals surface area contributed by atoms with Crippen molar-refractivity contribution in [3.05, 3.63) is 58.4 Å². The number of hydrogen-bond donors (Lipinski definition) is 0. The summed E-state index contributed by atoms with van der Waals surface area (Å²) in [5.41, 5.74) is 1.41. The Morgan fingerprint density at radius 1 is 1.14 bits per heavy atom. The average Bonchev–Trinajstić information content (AvgIpc) is 2.91. The van der Waals surface area contributed by atoms with Gasteiger partial charge in [-0.05, 0) is 49.9 Å². The third kappa shape index (κ3) is 2.52. The Bertz CT molecular complexity index is 746. The molecular weight excluding hydrogens is 286 g/mol. The zero-order valence-electron chi connectivity index (χ0n) is 11.6. The summed E-state index contributed by atoms with van der Waals surface area (Å²) in [6.45, 7) is 3.68. The van der Waals surface area contributed by atoms with Gasteiger partial charge in [0.05, 0.1) is 10.6 Å². The molecule has 0 bridgehead atoms. The predicted octanol–water partition coefficient (Wildman–Crippen LogP) is 4.14. The number of furan rings is 1. The van der Waals surface area contributed by atoms with Crippen molar-refractivity contribution in [2.24, 2.45) is 0 Å². The number of amides is 2. The largest absolute Gasteiger partial charge is 0.466 e. The van der Waals surface area contributed by atoms with Gasteiger partial charge in [0, 0.05) is 5.56 Å². The molecular formula is C16H13NO3S. The van der Waals surface area contributed by atoms with Crippen LogP contribution in [-0.4, -0.2) is 11.1 Å². The number of para-hydroxylation sites is 1. The van der Waals surface area contributed by atoms with Crippen molar-refractivity contribution in [3.63, 3.8) is 0 Å². The molecule has 0 atom stereocenters. The minimum Gasteiger partial charge on any atom is -0.466 e. The maximum atomic E-state index is 12.4. The van der Waals surface area contributed by atoms with Gasteiger partial charge in [0.25, 0.3) is 11.1 Å². The normalized spacial score (nSPS) is 17.0. The van der Waals surface area contributed by atoms with Crippen LogP contribution in [0.4, 0.5) is 10.5 Å². The highest BCUT2D eigenvalue weighted by atomic mass is 32.2. The SMILES string of the molecule is Cc1cc(/C=C2\SC(=O)N(c3ccccc3)C2=O)c(C)o1. The van der Waals surface area contributed by atoms with Gasteiger partial charge >= 0.3 is 0 Å². The molecule has 2 aromatic rings. The van der Waals surface area contributed by atoms with Gasteiger partial charge in [-0.2, -0.15) is 0 Å². The number of benzene rings is 1. The van der Waals surface area contributed by atoms with Gasteiger partial charge in [-0.25, -0.2) is 4.90 Å². The summed E-state index contributed by atoms with van der Waals surface area (Å²) in [5, 5.41) is -0.282. The Balaban J connectivity index is 1.96. The van der Waals surface area contributed by atoms with E-state index in [1.54, 1.807) is 30.3 Å². The van der Waals surface area contributed by atoms with E-state index in [-0.39, 0.29) is 11.1 Å². The first-order chi connectivity index (χ1) is 10.1. The van der Waals surface area contributed by atoms with Crippen LogP contribution < -0.4 is 4.90 Å². The van der Waals surface area contributed by atoms with Crippen molar-refractivity contribution < 1.29 is 14.0 Å². The lowest BCUT2D eigenvalue weighted by molar-refractivity contribution is -0.113. The first-order valence-corrected chi connectivity index (χ1v) is 7.28. The Kier molecular flexibility index (Phi) is 3.43. The number of anilines is 1. The maximum absolute atomic E-state index is 12.4. The number of rotatable bonds is 2. The van der Waals surface area contributed by atoms with Crippen molar-refractivity contribution in [2.45, 2.75) is 13.8 Å². The standard InChI is InChI=1S/C16H13NO3S/c1-10-8-12(11(2)20-10)9-14-15(18)17(16(19)21-14)13-6-4-3-5-7-13/h3-9H,1-2H3/b14-9-. The van der Waals surface area contributed by atoms with Crippen molar-refractivity contribution in [3.8, 4) is 0 Å². The highest BCUT2D eigenvalue weighted by Crippen LogP contribution is 2.36. The number of aryl methyl sites for hydroxylation is 2. The minimum atomic E-state index is -0.297. The second-order valence-corrected chi connectivity index (χ2v) is 5.71. The molecule has 2 heterocycles. The monoisotopic (exact) mass is 299 g/mol. The van der Waals surface area contributed by atoms with Crippen LogP contribution in [0, 0.1) is 13.8 Å². The van der Waals surface area contributed by atoms with Crippen LogP contribution in [0.2, 0.25) is 0 Å². The molecule has 0 spiro atoms. The molecule has 1 aromatic carbocycles. The number of imide groups is 1. The molecule has 1 aliphatic rings. The third-order valence-electron chi connectivity index (χ3n) is 3.17. The lowest BCUT2D eigenvalue weighted by atomic mass is 10.2. The summed E-state index contributed by atoms with van der Waals surface area (Å²) in [6, 6.07) is 10.8. The number of nitrogens with zero attached hydrogens (tertiary/aromatic N) is 1. The van der Waals surface area contributed by atoms with Crippen molar-refractivity contribution in [2.75, 3.05) is 4.90 Å². The minimum absolute atomic E-state index is 0.282. The number of carbonyl (C=O) groups is 2. The zero-order chi connectivity index (χ0) is 15.0. The molecule has 2 amide bonds. The first-order valence-electron chi connectivity index (χ1n) is 6.46. The van der Waals surface area contributed by atoms with E-state index in [1.807, 2.05) is 26.0 Å². The Morgan fingerprint density at radius 2 is 1.86 bits per heavy atom. The molecule has 1 fully saturated rings. The highest BCUT2D eigenvalue weighted by Gasteiger charge is 2.36. The summed E-state index contributed by atoms with van der Waals surface area (Å²) >= 11 is 0.946. The molecule has 21 heavy (non-hydrogen) atoms. The van der Waals surface area contributed by atoms with Crippen molar-refractivity contribution >= 4 is 34.7 Å². The molecule has 4 nitrogen and oxygen atoms in total. The van der Waals surface area contributed by atoms with Crippen LogP contribution >= 0.6 is 11.8 Å². The second kappa shape index (κ2) is 5.26. The first kappa shape index (κ1) is 13.7. The maximum Gasteiger partial charge on any atom is 0.298 e. The Hall–Kier alpha value is -2.27. The fraction of sp³-hybridized carbons (Fsp3) is 0.125. The topological polar surface area (TPSA) is 50.5 Å². The fourth-order valence-electron chi connectivity index (χ4n) is 2.20. The second-order valence-electron chi connectivity index (χ2n) is 4.72. The summed E-state index contributed by atoms with van der Waals surface area (Å²) in [7, 11) is 0. The van der Waals surface area contributed by atoms with Crippen LogP contribution in [0.5, 0.6) is 0 Å². The van der Waals surface area contributed by atoms with Crippen LogP contribution in [0.1, 0.15) is 17.1 Å². The molecule has 1 aromatic heterocycles. The molecule has 0 N–H and O–H groups in total. The van der Waals surface area contributed by atoms with Gasteiger partial charge in [-0.1, -0.05) is 18.2 Å². The predicted molar refractivity (Wildman–Crippen MR) is 83.1 cm³/mol. The van der Waals surface area contributed by atoms with E-state index in [1.165, 1.54) is 4.90 Å². The molecule has 5 heteroatoms. The summed E-state index contributed by atoms with van der Waals surface area (Å²) < 4.78 is 5.43. The van der Waals surface area contributed by atoms with E-state index in [0.717, 1.165) is 28.8 Å². The fourth-order valence-corrected chi connectivity index (χ4v) is 3.03. The summed E-state index contributed by atoms with van der Waals surface area (Å²) in [5.74, 6) is 1.22. The number of carbonyl (C=O) groups excluding carboxylic acids is 2. The lowest BCUT2D eigenvalue weighted by Gasteiger charge is -2.11. The number of hydrogen-bond acceptors (Lipinski definition) is 4. The third-order valence-corrected chi connectivity index (χ3v) is 4.04. The molecule has 1 saturated heterocycles. The summed E-state index contributed by atoms with van der Waals surface area (Å²) in [4.78, 5) is 26.1. The van der Waals surface area contributed by atoms with Gasteiger partial charge in [-0.15, -0.1) is 0 Å². The Morgan fingerprint density at radius 3 is 2.48 bits per heavy atom. The van der Waals surface area contributed by atoms with E-state index in [9.17, 15) is 9.59 Å². The van der Waals surface area contributed by atoms with E-state index < -0.39 is 0 Å². The smallest absolute Gasteiger partial charge is 0.298 e. The van der Waals surface area contributed by atoms with E-state index in [2.05, 4.69) is 0 Å². The van der Waals surface area contributed by atoms with Crippen molar-refractivity contribution in [1.29, 1.82) is 0 Å². The van der Waals surface area contributed by atoms with Crippen LogP contribution in [0.25, 0.3) is 6.08 Å². The molecule has 0 saturated carbocycles. The van der Waals surface area contributed by atoms with Crippen molar-refractivity contribution in [1.82, 2.24) is 0 Å². The highest BCUT2D eigenvalue weighted by molar-refractivity contribution is 8.19. The van der Waals surface area contributed by atoms with Gasteiger partial charge in [0.1, 0.15) is 11.5 Å². The molecule has 1 aliphatic heterocycles. The zero-order valence-corrected chi connectivity index (χ0v) is 12.4. The van der Waals surface area contributed by atoms with Gasteiger partial charge in [-0.3, -0.25) is 9.59 Å². The summed E-state index contributed by atoms with van der Waals surface area (Å²) in [6.07, 6.45) is 1.71. The molecule has 0 aliphatic carbocycles. The van der Waals surface area contributed by atoms with Crippen LogP contribution in [-0.2, 0) is 4.79 Å². The van der Waals surface area contributed by atoms with Gasteiger partial charge in [0.15, 0.2) is 0 Å². The van der Waals surface area contributed by atoms with Gasteiger partial charge in [0.2, 0.25) is 0 Å². The molecule has 0 radical (unpaired) electrons. The van der Waals surface area contributed by atoms with Crippen LogP contribution in [0.3, 0.4) is 0 Å². The van der Waals surface area contributed by atoms with E-state index >= 15 is 0 Å². The molecule has 3 rings (SSSR count). The van der Waals surface area contributed by atoms with E-state index in [4.69, 9.17) is 4.42 Å². The quantitative estimate of drug-likeness (QED) is 0.782. The Labute approximate surface area is 126 Å².